The fourth-order valence-electron chi connectivity index (χ4n) is 2.40. The highest BCUT2D eigenvalue weighted by Gasteiger charge is 2.05. The number of carbonyl (C=O) groups excluding carboxylic acids is 1. The predicted molar refractivity (Wildman–Crippen MR) is 101 cm³/mol. The Labute approximate surface area is 153 Å². The van der Waals surface area contributed by atoms with Crippen LogP contribution in [0.1, 0.15) is 15.9 Å². The predicted octanol–water partition coefficient (Wildman–Crippen LogP) is 4.43. The molecule has 0 fully saturated rings. The monoisotopic (exact) mass is 347 g/mol. The van der Waals surface area contributed by atoms with Gasteiger partial charge in [0, 0.05) is 12.1 Å². The number of hydrogen-bond donors (Lipinski definition) is 1. The van der Waals surface area contributed by atoms with Gasteiger partial charge < -0.3 is 14.8 Å². The first-order valence-corrected chi connectivity index (χ1v) is 8.54. The van der Waals surface area contributed by atoms with Crippen LogP contribution in [0.3, 0.4) is 0 Å². The highest BCUT2D eigenvalue weighted by atomic mass is 16.5. The van der Waals surface area contributed by atoms with Gasteiger partial charge in [-0.2, -0.15) is 0 Å². The lowest BCUT2D eigenvalue weighted by atomic mass is 10.2. The number of ether oxygens (including phenoxy) is 2. The third-order valence-electron chi connectivity index (χ3n) is 3.74. The summed E-state index contributed by atoms with van der Waals surface area (Å²) in [7, 11) is 0. The zero-order valence-corrected chi connectivity index (χ0v) is 14.4. The van der Waals surface area contributed by atoms with Crippen molar-refractivity contribution in [2.75, 3.05) is 13.2 Å². The molecule has 4 nitrogen and oxygen atoms in total. The summed E-state index contributed by atoms with van der Waals surface area (Å²) in [6, 6.07) is 26.6. The van der Waals surface area contributed by atoms with E-state index in [4.69, 9.17) is 9.47 Å². The molecule has 132 valence electrons. The van der Waals surface area contributed by atoms with Crippen molar-refractivity contribution < 1.29 is 14.3 Å². The van der Waals surface area contributed by atoms with Crippen molar-refractivity contribution in [2.24, 2.45) is 0 Å². The number of nitrogens with one attached hydrogen (secondary N) is 1. The minimum atomic E-state index is -0.125. The molecule has 26 heavy (non-hydrogen) atoms. The zero-order valence-electron chi connectivity index (χ0n) is 14.4. The average molecular weight is 347 g/mol. The molecule has 3 rings (SSSR count). The second-order valence-electron chi connectivity index (χ2n) is 5.73. The maximum Gasteiger partial charge on any atom is 0.251 e. The number of amides is 1. The summed E-state index contributed by atoms with van der Waals surface area (Å²) in [6.45, 7) is 1.48. The largest absolute Gasteiger partial charge is 0.457 e. The van der Waals surface area contributed by atoms with Gasteiger partial charge in [-0.15, -0.1) is 0 Å². The van der Waals surface area contributed by atoms with Crippen LogP contribution in [0.25, 0.3) is 0 Å². The molecule has 1 N–H and O–H groups in total. The van der Waals surface area contributed by atoms with Gasteiger partial charge in [-0.05, 0) is 42.0 Å². The SMILES string of the molecule is O=C(NCCOCc1ccccc1)c1ccc(Oc2ccccc2)cc1. The smallest absolute Gasteiger partial charge is 0.251 e. The number of para-hydroxylation sites is 1. The van der Waals surface area contributed by atoms with Gasteiger partial charge in [0.25, 0.3) is 5.91 Å². The van der Waals surface area contributed by atoms with E-state index in [1.54, 1.807) is 24.3 Å². The Kier molecular flexibility index (Phi) is 6.40. The summed E-state index contributed by atoms with van der Waals surface area (Å²) in [4.78, 5) is 12.1. The molecule has 0 unspecified atom stereocenters. The minimum absolute atomic E-state index is 0.125. The van der Waals surface area contributed by atoms with Crippen molar-refractivity contribution in [3.05, 3.63) is 96.1 Å². The van der Waals surface area contributed by atoms with Crippen LogP contribution < -0.4 is 10.1 Å². The van der Waals surface area contributed by atoms with Crippen LogP contribution in [0.4, 0.5) is 0 Å². The van der Waals surface area contributed by atoms with Crippen molar-refractivity contribution in [3.63, 3.8) is 0 Å². The van der Waals surface area contributed by atoms with E-state index in [0.717, 1.165) is 11.3 Å². The van der Waals surface area contributed by atoms with E-state index in [9.17, 15) is 4.79 Å². The van der Waals surface area contributed by atoms with E-state index in [-0.39, 0.29) is 5.91 Å². The van der Waals surface area contributed by atoms with E-state index < -0.39 is 0 Å². The first-order chi connectivity index (χ1) is 12.8. The molecule has 0 radical (unpaired) electrons. The molecule has 0 aliphatic heterocycles. The van der Waals surface area contributed by atoms with Crippen molar-refractivity contribution >= 4 is 5.91 Å². The van der Waals surface area contributed by atoms with Crippen molar-refractivity contribution in [1.82, 2.24) is 5.32 Å². The number of carbonyl (C=O) groups is 1. The van der Waals surface area contributed by atoms with Crippen LogP contribution in [0.5, 0.6) is 11.5 Å². The standard InChI is InChI=1S/C22H21NO3/c24-22(23-15-16-25-17-18-7-3-1-4-8-18)19-11-13-21(14-12-19)26-20-9-5-2-6-10-20/h1-14H,15-17H2,(H,23,24). The van der Waals surface area contributed by atoms with Crippen LogP contribution >= 0.6 is 0 Å². The minimum Gasteiger partial charge on any atom is -0.457 e. The van der Waals surface area contributed by atoms with E-state index >= 15 is 0 Å². The van der Waals surface area contributed by atoms with Gasteiger partial charge in [0.2, 0.25) is 0 Å². The zero-order chi connectivity index (χ0) is 18.0. The van der Waals surface area contributed by atoms with E-state index in [2.05, 4.69) is 5.32 Å². The van der Waals surface area contributed by atoms with Gasteiger partial charge >= 0.3 is 0 Å². The molecule has 4 heteroatoms. The molecule has 0 aliphatic carbocycles. The molecule has 0 aliphatic rings. The summed E-state index contributed by atoms with van der Waals surface area (Å²) in [5.74, 6) is 1.33. The van der Waals surface area contributed by atoms with Crippen LogP contribution in [-0.4, -0.2) is 19.1 Å². The van der Waals surface area contributed by atoms with Gasteiger partial charge in [-0.3, -0.25) is 4.79 Å². The molecule has 0 aromatic heterocycles. The lowest BCUT2D eigenvalue weighted by Gasteiger charge is -2.08. The van der Waals surface area contributed by atoms with Gasteiger partial charge in [0.1, 0.15) is 11.5 Å². The number of hydrogen-bond acceptors (Lipinski definition) is 3. The Morgan fingerprint density at radius 2 is 1.38 bits per heavy atom. The Morgan fingerprint density at radius 1 is 0.769 bits per heavy atom. The molecule has 0 saturated heterocycles. The van der Waals surface area contributed by atoms with Crippen LogP contribution in [0.15, 0.2) is 84.9 Å². The molecule has 0 atom stereocenters. The molecule has 0 heterocycles. The maximum atomic E-state index is 12.1. The topological polar surface area (TPSA) is 47.6 Å². The fraction of sp³-hybridized carbons (Fsp3) is 0.136. The van der Waals surface area contributed by atoms with E-state index in [1.807, 2.05) is 60.7 Å². The number of benzene rings is 3. The summed E-state index contributed by atoms with van der Waals surface area (Å²) in [5.41, 5.74) is 1.71. The normalized spacial score (nSPS) is 10.3. The summed E-state index contributed by atoms with van der Waals surface area (Å²) >= 11 is 0. The first kappa shape index (κ1) is 17.7. The van der Waals surface area contributed by atoms with Gasteiger partial charge in [-0.25, -0.2) is 0 Å². The highest BCUT2D eigenvalue weighted by molar-refractivity contribution is 5.94. The summed E-state index contributed by atoms with van der Waals surface area (Å²) in [6.07, 6.45) is 0. The first-order valence-electron chi connectivity index (χ1n) is 8.54. The Bertz CT molecular complexity index is 802. The lowest BCUT2D eigenvalue weighted by molar-refractivity contribution is 0.0901. The van der Waals surface area contributed by atoms with Crippen LogP contribution in [0, 0.1) is 0 Å². The molecule has 0 spiro atoms. The van der Waals surface area contributed by atoms with E-state index in [0.29, 0.717) is 31.1 Å². The Balaban J connectivity index is 1.40. The summed E-state index contributed by atoms with van der Waals surface area (Å²) < 4.78 is 11.3. The van der Waals surface area contributed by atoms with Crippen LogP contribution in [0.2, 0.25) is 0 Å². The molecule has 3 aromatic rings. The maximum absolute atomic E-state index is 12.1. The van der Waals surface area contributed by atoms with Crippen molar-refractivity contribution in [1.29, 1.82) is 0 Å². The van der Waals surface area contributed by atoms with Gasteiger partial charge in [0.15, 0.2) is 0 Å². The van der Waals surface area contributed by atoms with Crippen molar-refractivity contribution in [3.8, 4) is 11.5 Å². The number of rotatable bonds is 8. The summed E-state index contributed by atoms with van der Waals surface area (Å²) in [5, 5.41) is 2.85. The molecule has 0 bridgehead atoms. The third kappa shape index (κ3) is 5.46. The second-order valence-corrected chi connectivity index (χ2v) is 5.73. The molecule has 3 aromatic carbocycles. The Morgan fingerprint density at radius 3 is 2.08 bits per heavy atom. The van der Waals surface area contributed by atoms with Gasteiger partial charge in [-0.1, -0.05) is 48.5 Å². The lowest BCUT2D eigenvalue weighted by Crippen LogP contribution is -2.27. The van der Waals surface area contributed by atoms with Crippen LogP contribution in [-0.2, 0) is 11.3 Å². The van der Waals surface area contributed by atoms with Gasteiger partial charge in [0.05, 0.1) is 13.2 Å². The quantitative estimate of drug-likeness (QED) is 0.613. The second kappa shape index (κ2) is 9.39. The highest BCUT2D eigenvalue weighted by Crippen LogP contribution is 2.21. The molecule has 1 amide bonds. The molecular weight excluding hydrogens is 326 g/mol. The average Bonchev–Trinajstić information content (AvgIpc) is 2.70. The van der Waals surface area contributed by atoms with E-state index in [1.165, 1.54) is 0 Å². The third-order valence-corrected chi connectivity index (χ3v) is 3.74. The molecular formula is C22H21NO3. The molecule has 0 saturated carbocycles. The van der Waals surface area contributed by atoms with Crippen molar-refractivity contribution in [2.45, 2.75) is 6.61 Å². The Hall–Kier alpha value is -3.11. The fourth-order valence-corrected chi connectivity index (χ4v) is 2.40.